The number of hydrogen-bond donors (Lipinski definition) is 1. The minimum Gasteiger partial charge on any atom is -0.207 e. The van der Waals surface area contributed by atoms with Crippen molar-refractivity contribution in [3.05, 3.63) is 30.1 Å². The van der Waals surface area contributed by atoms with Crippen LogP contribution in [0.1, 0.15) is 19.3 Å². The first-order chi connectivity index (χ1) is 8.00. The summed E-state index contributed by atoms with van der Waals surface area (Å²) in [6, 6.07) is 5.25. The van der Waals surface area contributed by atoms with Gasteiger partial charge >= 0.3 is 0 Å². The second-order valence-corrected chi connectivity index (χ2v) is 6.96. The van der Waals surface area contributed by atoms with Gasteiger partial charge in [0.2, 0.25) is 10.0 Å². The van der Waals surface area contributed by atoms with Crippen molar-refractivity contribution in [2.24, 2.45) is 0 Å². The molecule has 1 aliphatic rings. The van der Waals surface area contributed by atoms with E-state index in [0.717, 1.165) is 25.3 Å². The largest absolute Gasteiger partial charge is 0.243 e. The Kier molecular flexibility index (Phi) is 3.85. The van der Waals surface area contributed by atoms with Gasteiger partial charge in [-0.2, -0.15) is 0 Å². The molecule has 1 aromatic carbocycles. The number of halogens is 2. The Bertz CT molecular complexity index is 506. The summed E-state index contributed by atoms with van der Waals surface area (Å²) in [5, 5.41) is 0. The summed E-state index contributed by atoms with van der Waals surface area (Å²) in [4.78, 5) is -0.157. The quantitative estimate of drug-likeness (QED) is 0.869. The van der Waals surface area contributed by atoms with Crippen LogP contribution in [-0.4, -0.2) is 19.3 Å². The molecular formula is C11H13BrFNO2S. The number of sulfonamides is 1. The first-order valence-electron chi connectivity index (χ1n) is 5.41. The summed E-state index contributed by atoms with van der Waals surface area (Å²) in [5.41, 5.74) is 0. The molecule has 1 aromatic rings. The molecule has 0 saturated heterocycles. The van der Waals surface area contributed by atoms with Crippen LogP contribution in [0, 0.1) is 5.82 Å². The van der Waals surface area contributed by atoms with Crippen molar-refractivity contribution in [3.63, 3.8) is 0 Å². The molecule has 94 valence electrons. The lowest BCUT2D eigenvalue weighted by molar-refractivity contribution is 0.540. The first kappa shape index (κ1) is 13.0. The van der Waals surface area contributed by atoms with Gasteiger partial charge < -0.3 is 0 Å². The van der Waals surface area contributed by atoms with Crippen molar-refractivity contribution >= 4 is 26.0 Å². The lowest BCUT2D eigenvalue weighted by atomic mass is 10.3. The van der Waals surface area contributed by atoms with E-state index >= 15 is 0 Å². The summed E-state index contributed by atoms with van der Waals surface area (Å²) in [6.45, 7) is 0. The molecule has 1 fully saturated rings. The number of alkyl halides is 1. The van der Waals surface area contributed by atoms with Crippen LogP contribution in [0.5, 0.6) is 0 Å². The van der Waals surface area contributed by atoms with Crippen LogP contribution in [-0.2, 0) is 10.0 Å². The van der Waals surface area contributed by atoms with E-state index in [1.165, 1.54) is 18.2 Å². The molecule has 0 radical (unpaired) electrons. The highest BCUT2D eigenvalue weighted by Gasteiger charge is 2.30. The highest BCUT2D eigenvalue weighted by Crippen LogP contribution is 2.27. The molecule has 1 saturated carbocycles. The molecule has 2 atom stereocenters. The maximum Gasteiger partial charge on any atom is 0.243 e. The third-order valence-corrected chi connectivity index (χ3v) is 5.48. The molecule has 2 unspecified atom stereocenters. The molecular weight excluding hydrogens is 309 g/mol. The zero-order valence-corrected chi connectivity index (χ0v) is 11.5. The van der Waals surface area contributed by atoms with E-state index in [0.29, 0.717) is 0 Å². The molecule has 0 amide bonds. The van der Waals surface area contributed by atoms with E-state index in [9.17, 15) is 12.8 Å². The van der Waals surface area contributed by atoms with Gasteiger partial charge in [0, 0.05) is 10.9 Å². The number of benzene rings is 1. The summed E-state index contributed by atoms with van der Waals surface area (Å²) < 4.78 is 39.9. The van der Waals surface area contributed by atoms with Crippen molar-refractivity contribution in [3.8, 4) is 0 Å². The lowest BCUT2D eigenvalue weighted by Gasteiger charge is -2.16. The van der Waals surface area contributed by atoms with E-state index in [4.69, 9.17) is 0 Å². The van der Waals surface area contributed by atoms with Gasteiger partial charge in [-0.1, -0.05) is 34.5 Å². The fourth-order valence-electron chi connectivity index (χ4n) is 1.97. The van der Waals surface area contributed by atoms with Crippen molar-refractivity contribution in [1.29, 1.82) is 0 Å². The summed E-state index contributed by atoms with van der Waals surface area (Å²) in [5.74, 6) is -0.718. The second kappa shape index (κ2) is 5.04. The minimum absolute atomic E-state index is 0.129. The summed E-state index contributed by atoms with van der Waals surface area (Å²) >= 11 is 3.43. The molecule has 3 nitrogen and oxygen atoms in total. The van der Waals surface area contributed by atoms with E-state index in [2.05, 4.69) is 20.7 Å². The van der Waals surface area contributed by atoms with Crippen LogP contribution in [0.15, 0.2) is 29.2 Å². The van der Waals surface area contributed by atoms with Gasteiger partial charge in [0.1, 0.15) is 10.7 Å². The van der Waals surface area contributed by atoms with Crippen molar-refractivity contribution in [1.82, 2.24) is 4.72 Å². The Morgan fingerprint density at radius 2 is 2.00 bits per heavy atom. The Balaban J connectivity index is 2.22. The molecule has 6 heteroatoms. The van der Waals surface area contributed by atoms with Crippen molar-refractivity contribution < 1.29 is 12.8 Å². The fraction of sp³-hybridized carbons (Fsp3) is 0.455. The van der Waals surface area contributed by atoms with Crippen molar-refractivity contribution in [2.45, 2.75) is 35.0 Å². The highest BCUT2D eigenvalue weighted by atomic mass is 79.9. The molecule has 0 aromatic heterocycles. The zero-order valence-electron chi connectivity index (χ0n) is 9.07. The lowest BCUT2D eigenvalue weighted by Crippen LogP contribution is -2.37. The van der Waals surface area contributed by atoms with E-state index in [-0.39, 0.29) is 15.8 Å². The van der Waals surface area contributed by atoms with E-state index < -0.39 is 15.8 Å². The SMILES string of the molecule is O=S(=O)(NC1CCCC1Br)c1ccccc1F. The third kappa shape index (κ3) is 2.86. The molecule has 1 aliphatic carbocycles. The monoisotopic (exact) mass is 321 g/mol. The second-order valence-electron chi connectivity index (χ2n) is 4.11. The van der Waals surface area contributed by atoms with Gasteiger partial charge in [-0.15, -0.1) is 0 Å². The predicted octanol–water partition coefficient (Wildman–Crippen LogP) is 2.42. The summed E-state index contributed by atoms with van der Waals surface area (Å²) in [6.07, 6.45) is 2.69. The topological polar surface area (TPSA) is 46.2 Å². The van der Waals surface area contributed by atoms with Gasteiger partial charge in [0.25, 0.3) is 0 Å². The van der Waals surface area contributed by atoms with Gasteiger partial charge in [-0.05, 0) is 25.0 Å². The maximum atomic E-state index is 13.4. The Hall–Kier alpha value is -0.460. The molecule has 17 heavy (non-hydrogen) atoms. The Labute approximate surface area is 109 Å². The zero-order chi connectivity index (χ0) is 12.5. The fourth-order valence-corrected chi connectivity index (χ4v) is 4.26. The third-order valence-electron chi connectivity index (χ3n) is 2.86. The number of nitrogens with one attached hydrogen (secondary N) is 1. The number of rotatable bonds is 3. The predicted molar refractivity (Wildman–Crippen MR) is 67.1 cm³/mol. The van der Waals surface area contributed by atoms with E-state index in [1.54, 1.807) is 0 Å². The van der Waals surface area contributed by atoms with Crippen LogP contribution in [0.3, 0.4) is 0 Å². The molecule has 0 spiro atoms. The Morgan fingerprint density at radius 1 is 1.29 bits per heavy atom. The average Bonchev–Trinajstić information content (AvgIpc) is 2.64. The smallest absolute Gasteiger partial charge is 0.207 e. The van der Waals surface area contributed by atoms with Gasteiger partial charge in [0.05, 0.1) is 0 Å². The molecule has 0 aliphatic heterocycles. The maximum absolute atomic E-state index is 13.4. The van der Waals surface area contributed by atoms with Crippen molar-refractivity contribution in [2.75, 3.05) is 0 Å². The minimum atomic E-state index is -3.76. The molecule has 2 rings (SSSR count). The van der Waals surface area contributed by atoms with Gasteiger partial charge in [-0.3, -0.25) is 0 Å². The van der Waals surface area contributed by atoms with Gasteiger partial charge in [-0.25, -0.2) is 17.5 Å². The first-order valence-corrected chi connectivity index (χ1v) is 7.81. The Morgan fingerprint density at radius 3 is 2.59 bits per heavy atom. The highest BCUT2D eigenvalue weighted by molar-refractivity contribution is 9.09. The van der Waals surface area contributed by atoms with Crippen LogP contribution in [0.2, 0.25) is 0 Å². The molecule has 1 N–H and O–H groups in total. The number of hydrogen-bond acceptors (Lipinski definition) is 2. The molecule has 0 heterocycles. The van der Waals surface area contributed by atoms with Crippen LogP contribution < -0.4 is 4.72 Å². The van der Waals surface area contributed by atoms with Crippen LogP contribution >= 0.6 is 15.9 Å². The normalized spacial score (nSPS) is 25.1. The molecule has 0 bridgehead atoms. The van der Waals surface area contributed by atoms with E-state index in [1.807, 2.05) is 0 Å². The van der Waals surface area contributed by atoms with Crippen LogP contribution in [0.4, 0.5) is 4.39 Å². The standard InChI is InChI=1S/C11H13BrFNO2S/c12-8-4-3-6-10(8)14-17(15,16)11-7-2-1-5-9(11)13/h1-2,5,7-8,10,14H,3-4,6H2. The average molecular weight is 322 g/mol. The van der Waals surface area contributed by atoms with Crippen LogP contribution in [0.25, 0.3) is 0 Å². The summed E-state index contributed by atoms with van der Waals surface area (Å²) in [7, 11) is -3.76. The van der Waals surface area contributed by atoms with Gasteiger partial charge in [0.15, 0.2) is 0 Å².